The van der Waals surface area contributed by atoms with Gasteiger partial charge in [-0.15, -0.1) is 0 Å². The van der Waals surface area contributed by atoms with Gasteiger partial charge in [0.1, 0.15) is 0 Å². The molecule has 0 aliphatic heterocycles. The zero-order valence-electron chi connectivity index (χ0n) is 11.0. The van der Waals surface area contributed by atoms with Crippen molar-refractivity contribution >= 4 is 23.4 Å². The molecular formula is C14H15ClN2O3. The Labute approximate surface area is 122 Å². The van der Waals surface area contributed by atoms with Crippen LogP contribution in [0.5, 0.6) is 0 Å². The van der Waals surface area contributed by atoms with Crippen LogP contribution in [0.2, 0.25) is 5.02 Å². The molecule has 0 atom stereocenters. The lowest BCUT2D eigenvalue weighted by atomic mass is 10.1. The highest BCUT2D eigenvalue weighted by Gasteiger charge is 2.09. The minimum absolute atomic E-state index is 0.00932. The Balaban J connectivity index is 2.74. The van der Waals surface area contributed by atoms with Gasteiger partial charge in [-0.3, -0.25) is 9.59 Å². The van der Waals surface area contributed by atoms with Crippen LogP contribution in [0.3, 0.4) is 0 Å². The van der Waals surface area contributed by atoms with Gasteiger partial charge in [0, 0.05) is 24.6 Å². The minimum atomic E-state index is -0.384. The quantitative estimate of drug-likeness (QED) is 0.710. The normalized spacial score (nSPS) is 9.35. The SMILES string of the molecule is CNC(=O)CNC(=O)c1ccc(C#CCCO)c(Cl)c1. The summed E-state index contributed by atoms with van der Waals surface area (Å²) in [6.07, 6.45) is 0.366. The zero-order valence-corrected chi connectivity index (χ0v) is 11.8. The molecular weight excluding hydrogens is 280 g/mol. The summed E-state index contributed by atoms with van der Waals surface area (Å²) in [5.41, 5.74) is 0.939. The fraction of sp³-hybridized carbons (Fsp3) is 0.286. The lowest BCUT2D eigenvalue weighted by Gasteiger charge is -2.05. The van der Waals surface area contributed by atoms with E-state index in [0.717, 1.165) is 0 Å². The molecule has 0 heterocycles. The van der Waals surface area contributed by atoms with E-state index in [2.05, 4.69) is 22.5 Å². The third kappa shape index (κ3) is 4.92. The van der Waals surface area contributed by atoms with Crippen LogP contribution in [0.25, 0.3) is 0 Å². The number of aliphatic hydroxyl groups excluding tert-OH is 1. The molecule has 0 fully saturated rings. The Kier molecular flexibility index (Phi) is 6.57. The summed E-state index contributed by atoms with van der Waals surface area (Å²) in [5, 5.41) is 13.9. The van der Waals surface area contributed by atoms with Crippen LogP contribution < -0.4 is 10.6 Å². The summed E-state index contributed by atoms with van der Waals surface area (Å²) in [5.74, 6) is 4.89. The second-order valence-electron chi connectivity index (χ2n) is 3.83. The number of hydrogen-bond donors (Lipinski definition) is 3. The number of amides is 2. The van der Waals surface area contributed by atoms with Gasteiger partial charge < -0.3 is 15.7 Å². The number of rotatable bonds is 4. The lowest BCUT2D eigenvalue weighted by molar-refractivity contribution is -0.119. The van der Waals surface area contributed by atoms with E-state index < -0.39 is 0 Å². The van der Waals surface area contributed by atoms with Crippen molar-refractivity contribution in [2.24, 2.45) is 0 Å². The van der Waals surface area contributed by atoms with E-state index >= 15 is 0 Å². The molecule has 0 saturated heterocycles. The fourth-order valence-corrected chi connectivity index (χ4v) is 1.55. The summed E-state index contributed by atoms with van der Waals surface area (Å²) in [6.45, 7) is -0.102. The molecule has 0 aromatic heterocycles. The van der Waals surface area contributed by atoms with Crippen molar-refractivity contribution in [3.8, 4) is 11.8 Å². The molecule has 0 spiro atoms. The molecule has 1 rings (SSSR count). The highest BCUT2D eigenvalue weighted by atomic mass is 35.5. The van der Waals surface area contributed by atoms with Crippen molar-refractivity contribution in [3.05, 3.63) is 34.3 Å². The standard InChI is InChI=1S/C14H15ClN2O3/c1-16-13(19)9-17-14(20)11-6-5-10(12(15)8-11)4-2-3-7-18/h5-6,8,18H,3,7,9H2,1H3,(H,16,19)(H,17,20). The van der Waals surface area contributed by atoms with Gasteiger partial charge in [-0.25, -0.2) is 0 Å². The molecule has 106 valence electrons. The van der Waals surface area contributed by atoms with Crippen LogP contribution >= 0.6 is 11.6 Å². The maximum Gasteiger partial charge on any atom is 0.251 e. The second-order valence-corrected chi connectivity index (χ2v) is 4.23. The van der Waals surface area contributed by atoms with Crippen molar-refractivity contribution in [3.63, 3.8) is 0 Å². The summed E-state index contributed by atoms with van der Waals surface area (Å²) in [4.78, 5) is 22.8. The number of carbonyl (C=O) groups excluding carboxylic acids is 2. The fourth-order valence-electron chi connectivity index (χ4n) is 1.32. The Morgan fingerprint density at radius 1 is 1.40 bits per heavy atom. The smallest absolute Gasteiger partial charge is 0.251 e. The highest BCUT2D eigenvalue weighted by molar-refractivity contribution is 6.32. The minimum Gasteiger partial charge on any atom is -0.395 e. The predicted octanol–water partition coefficient (Wildman–Crippen LogP) is 0.550. The second kappa shape index (κ2) is 8.20. The van der Waals surface area contributed by atoms with Gasteiger partial charge in [0.25, 0.3) is 5.91 Å². The first-order valence-electron chi connectivity index (χ1n) is 5.96. The average Bonchev–Trinajstić information content (AvgIpc) is 2.46. The van der Waals surface area contributed by atoms with Gasteiger partial charge >= 0.3 is 0 Å². The van der Waals surface area contributed by atoms with Crippen molar-refractivity contribution in [1.82, 2.24) is 10.6 Å². The summed E-state index contributed by atoms with van der Waals surface area (Å²) >= 11 is 6.02. The molecule has 3 N–H and O–H groups in total. The number of carbonyl (C=O) groups is 2. The summed E-state index contributed by atoms with van der Waals surface area (Å²) in [7, 11) is 1.49. The first-order chi connectivity index (χ1) is 9.58. The monoisotopic (exact) mass is 294 g/mol. The van der Waals surface area contributed by atoms with Crippen molar-refractivity contribution in [2.75, 3.05) is 20.2 Å². The third-order valence-electron chi connectivity index (χ3n) is 2.38. The van der Waals surface area contributed by atoms with Crippen LogP contribution in [-0.2, 0) is 4.79 Å². The van der Waals surface area contributed by atoms with Crippen LogP contribution in [0.1, 0.15) is 22.3 Å². The summed E-state index contributed by atoms with van der Waals surface area (Å²) < 4.78 is 0. The Bertz CT molecular complexity index is 561. The van der Waals surface area contributed by atoms with E-state index in [1.54, 1.807) is 12.1 Å². The van der Waals surface area contributed by atoms with E-state index in [4.69, 9.17) is 16.7 Å². The van der Waals surface area contributed by atoms with Gasteiger partial charge in [-0.2, -0.15) is 0 Å². The molecule has 0 unspecified atom stereocenters. The lowest BCUT2D eigenvalue weighted by Crippen LogP contribution is -2.35. The van der Waals surface area contributed by atoms with Crippen molar-refractivity contribution < 1.29 is 14.7 Å². The molecule has 0 saturated carbocycles. The molecule has 5 nitrogen and oxygen atoms in total. The molecule has 6 heteroatoms. The molecule has 0 bridgehead atoms. The highest BCUT2D eigenvalue weighted by Crippen LogP contribution is 2.17. The number of benzene rings is 1. The van der Waals surface area contributed by atoms with Crippen molar-refractivity contribution in [1.29, 1.82) is 0 Å². The molecule has 1 aromatic rings. The topological polar surface area (TPSA) is 78.4 Å². The Morgan fingerprint density at radius 3 is 2.75 bits per heavy atom. The van der Waals surface area contributed by atoms with Gasteiger partial charge in [-0.05, 0) is 18.2 Å². The van der Waals surface area contributed by atoms with Crippen LogP contribution in [0, 0.1) is 11.8 Å². The predicted molar refractivity (Wildman–Crippen MR) is 76.4 cm³/mol. The Morgan fingerprint density at radius 2 is 2.15 bits per heavy atom. The largest absolute Gasteiger partial charge is 0.395 e. The van der Waals surface area contributed by atoms with Gasteiger partial charge in [-0.1, -0.05) is 23.4 Å². The van der Waals surface area contributed by atoms with Gasteiger partial charge in [0.15, 0.2) is 0 Å². The number of likely N-dealkylation sites (N-methyl/N-ethyl adjacent to an activating group) is 1. The van der Waals surface area contributed by atoms with E-state index in [-0.39, 0.29) is 25.0 Å². The molecule has 0 aliphatic carbocycles. The maximum absolute atomic E-state index is 11.8. The van der Waals surface area contributed by atoms with E-state index in [0.29, 0.717) is 22.6 Å². The number of hydrogen-bond acceptors (Lipinski definition) is 3. The third-order valence-corrected chi connectivity index (χ3v) is 2.69. The number of aliphatic hydroxyl groups is 1. The van der Waals surface area contributed by atoms with Gasteiger partial charge in [0.05, 0.1) is 18.2 Å². The molecule has 1 aromatic carbocycles. The van der Waals surface area contributed by atoms with Crippen LogP contribution in [0.4, 0.5) is 0 Å². The first kappa shape index (κ1) is 16.0. The van der Waals surface area contributed by atoms with Gasteiger partial charge in [0.2, 0.25) is 5.91 Å². The van der Waals surface area contributed by atoms with Crippen molar-refractivity contribution in [2.45, 2.75) is 6.42 Å². The molecule has 2 amide bonds. The van der Waals surface area contributed by atoms with Crippen LogP contribution in [0.15, 0.2) is 18.2 Å². The van der Waals surface area contributed by atoms with Crippen LogP contribution in [-0.4, -0.2) is 37.1 Å². The number of halogens is 1. The molecule has 0 aliphatic rings. The maximum atomic E-state index is 11.8. The first-order valence-corrected chi connectivity index (χ1v) is 6.34. The number of nitrogens with one attached hydrogen (secondary N) is 2. The Hall–Kier alpha value is -2.03. The van der Waals surface area contributed by atoms with E-state index in [1.165, 1.54) is 13.1 Å². The molecule has 20 heavy (non-hydrogen) atoms. The average molecular weight is 295 g/mol. The van der Waals surface area contributed by atoms with E-state index in [1.807, 2.05) is 0 Å². The van der Waals surface area contributed by atoms with E-state index in [9.17, 15) is 9.59 Å². The molecule has 0 radical (unpaired) electrons. The summed E-state index contributed by atoms with van der Waals surface area (Å²) in [6, 6.07) is 4.69. The zero-order chi connectivity index (χ0) is 15.0.